The molecule has 1 atom stereocenters. The first kappa shape index (κ1) is 18.4. The first-order chi connectivity index (χ1) is 12.0. The van der Waals surface area contributed by atoms with Gasteiger partial charge in [-0.05, 0) is 25.8 Å². The Morgan fingerprint density at radius 1 is 1.24 bits per heavy atom. The molecule has 0 spiro atoms. The summed E-state index contributed by atoms with van der Waals surface area (Å²) in [6.07, 6.45) is 3.93. The number of urea groups is 1. The molecule has 132 valence electrons. The van der Waals surface area contributed by atoms with Gasteiger partial charge >= 0.3 is 6.03 Å². The molecule has 1 aromatic carbocycles. The number of ketones is 1. The fraction of sp³-hybridized carbons (Fsp3) is 0.333. The number of hydrogen-bond donors (Lipinski definition) is 3. The summed E-state index contributed by atoms with van der Waals surface area (Å²) in [6.45, 7) is 3.89. The van der Waals surface area contributed by atoms with Crippen LogP contribution in [0.4, 0.5) is 10.5 Å². The van der Waals surface area contributed by atoms with E-state index in [0.717, 1.165) is 12.0 Å². The van der Waals surface area contributed by atoms with Crippen molar-refractivity contribution in [3.8, 4) is 0 Å². The van der Waals surface area contributed by atoms with Crippen LogP contribution in [-0.2, 0) is 17.8 Å². The van der Waals surface area contributed by atoms with E-state index in [9.17, 15) is 9.59 Å². The van der Waals surface area contributed by atoms with Crippen molar-refractivity contribution in [2.45, 2.75) is 26.8 Å². The topological polar surface area (TPSA) is 99.9 Å². The molecule has 0 saturated heterocycles. The maximum atomic E-state index is 11.9. The Kier molecular flexibility index (Phi) is 6.45. The van der Waals surface area contributed by atoms with Crippen molar-refractivity contribution in [2.75, 3.05) is 11.9 Å². The Labute approximate surface area is 146 Å². The second-order valence-electron chi connectivity index (χ2n) is 5.91. The molecule has 25 heavy (non-hydrogen) atoms. The van der Waals surface area contributed by atoms with Gasteiger partial charge in [0.05, 0.1) is 24.3 Å². The monoisotopic (exact) mass is 341 g/mol. The number of amides is 2. The Bertz CT molecular complexity index is 725. The molecule has 0 saturated carbocycles. The fourth-order valence-electron chi connectivity index (χ4n) is 2.43. The predicted octanol–water partition coefficient (Wildman–Crippen LogP) is 2.49. The van der Waals surface area contributed by atoms with E-state index in [0.29, 0.717) is 24.5 Å². The number of aromatic nitrogens is 2. The largest absolute Gasteiger partial charge is 0.338 e. The van der Waals surface area contributed by atoms with Gasteiger partial charge < -0.3 is 16.0 Å². The molecule has 3 N–H and O–H groups in total. The summed E-state index contributed by atoms with van der Waals surface area (Å²) >= 11 is 0. The molecule has 1 aromatic heterocycles. The number of nitrogens with one attached hydrogen (secondary N) is 3. The van der Waals surface area contributed by atoms with Gasteiger partial charge in [0, 0.05) is 18.5 Å². The highest BCUT2D eigenvalue weighted by atomic mass is 16.2. The summed E-state index contributed by atoms with van der Waals surface area (Å²) in [4.78, 5) is 23.5. The Morgan fingerprint density at radius 3 is 2.60 bits per heavy atom. The standard InChI is InChI=1S/C18H23N5O2/c1-13(19)17(14(2)24)12-23-11-16(10-21-23)22-18(25)20-9-8-15-6-4-3-5-7-15/h3-7,10-11,17,19H,8-9,12H2,1-2H3,(H2,20,22,25). The number of Topliss-reactive ketones (excluding diaryl/α,β-unsaturated/α-hetero) is 1. The maximum absolute atomic E-state index is 11.9. The van der Waals surface area contributed by atoms with Crippen molar-refractivity contribution in [3.05, 3.63) is 48.3 Å². The van der Waals surface area contributed by atoms with Crippen molar-refractivity contribution in [1.29, 1.82) is 5.41 Å². The zero-order valence-electron chi connectivity index (χ0n) is 14.5. The van der Waals surface area contributed by atoms with Gasteiger partial charge in [-0.3, -0.25) is 9.48 Å². The van der Waals surface area contributed by atoms with Gasteiger partial charge in [0.25, 0.3) is 0 Å². The molecule has 7 nitrogen and oxygen atoms in total. The molecule has 0 aliphatic carbocycles. The van der Waals surface area contributed by atoms with Gasteiger partial charge in [-0.1, -0.05) is 30.3 Å². The van der Waals surface area contributed by atoms with Crippen LogP contribution in [0.5, 0.6) is 0 Å². The smallest absolute Gasteiger partial charge is 0.319 e. The maximum Gasteiger partial charge on any atom is 0.319 e. The lowest BCUT2D eigenvalue weighted by atomic mass is 10.0. The Balaban J connectivity index is 1.80. The van der Waals surface area contributed by atoms with E-state index in [1.54, 1.807) is 17.8 Å². The Hall–Kier alpha value is -2.96. The molecular formula is C18H23N5O2. The molecule has 1 heterocycles. The predicted molar refractivity (Wildman–Crippen MR) is 97.0 cm³/mol. The quantitative estimate of drug-likeness (QED) is 0.643. The van der Waals surface area contributed by atoms with Gasteiger partial charge in [0.2, 0.25) is 0 Å². The SMILES string of the molecule is CC(=N)C(Cn1cc(NC(=O)NCCc2ccccc2)cn1)C(C)=O. The molecule has 2 rings (SSSR count). The second kappa shape index (κ2) is 8.77. The summed E-state index contributed by atoms with van der Waals surface area (Å²) < 4.78 is 1.56. The molecule has 0 aliphatic rings. The highest BCUT2D eigenvalue weighted by Gasteiger charge is 2.17. The molecule has 2 amide bonds. The average molecular weight is 341 g/mol. The van der Waals surface area contributed by atoms with E-state index < -0.39 is 5.92 Å². The molecule has 1 unspecified atom stereocenters. The molecule has 0 aliphatic heterocycles. The zero-order valence-corrected chi connectivity index (χ0v) is 14.5. The van der Waals surface area contributed by atoms with Crippen LogP contribution in [-0.4, -0.2) is 33.9 Å². The van der Waals surface area contributed by atoms with Crippen molar-refractivity contribution >= 4 is 23.2 Å². The number of rotatable bonds is 8. The molecule has 7 heteroatoms. The van der Waals surface area contributed by atoms with Crippen LogP contribution in [0.2, 0.25) is 0 Å². The van der Waals surface area contributed by atoms with Crippen LogP contribution in [0.1, 0.15) is 19.4 Å². The fourth-order valence-corrected chi connectivity index (χ4v) is 2.43. The normalized spacial score (nSPS) is 11.6. The number of nitrogens with zero attached hydrogens (tertiary/aromatic N) is 2. The average Bonchev–Trinajstić information content (AvgIpc) is 3.00. The first-order valence-electron chi connectivity index (χ1n) is 8.12. The van der Waals surface area contributed by atoms with Crippen LogP contribution in [0.3, 0.4) is 0 Å². The van der Waals surface area contributed by atoms with E-state index >= 15 is 0 Å². The van der Waals surface area contributed by atoms with E-state index in [-0.39, 0.29) is 11.8 Å². The number of hydrogen-bond acceptors (Lipinski definition) is 4. The minimum atomic E-state index is -0.493. The second-order valence-corrected chi connectivity index (χ2v) is 5.91. The van der Waals surface area contributed by atoms with Gasteiger partial charge in [0.15, 0.2) is 0 Å². The van der Waals surface area contributed by atoms with Crippen LogP contribution in [0.15, 0.2) is 42.7 Å². The molecular weight excluding hydrogens is 318 g/mol. The summed E-state index contributed by atoms with van der Waals surface area (Å²) in [6, 6.07) is 9.61. The van der Waals surface area contributed by atoms with E-state index in [1.807, 2.05) is 30.3 Å². The van der Waals surface area contributed by atoms with Crippen LogP contribution in [0, 0.1) is 11.3 Å². The summed E-state index contributed by atoms with van der Waals surface area (Å²) in [5.41, 5.74) is 2.01. The Morgan fingerprint density at radius 2 is 1.96 bits per heavy atom. The zero-order chi connectivity index (χ0) is 18.2. The molecule has 2 aromatic rings. The van der Waals surface area contributed by atoms with E-state index in [4.69, 9.17) is 5.41 Å². The third-order valence-corrected chi connectivity index (χ3v) is 3.82. The van der Waals surface area contributed by atoms with Crippen molar-refractivity contribution < 1.29 is 9.59 Å². The van der Waals surface area contributed by atoms with E-state index in [1.165, 1.54) is 13.1 Å². The third kappa shape index (κ3) is 5.87. The number of carbonyl (C=O) groups is 2. The summed E-state index contributed by atoms with van der Waals surface area (Å²) in [5.74, 6) is -0.566. The van der Waals surface area contributed by atoms with Crippen LogP contribution < -0.4 is 10.6 Å². The highest BCUT2D eigenvalue weighted by Crippen LogP contribution is 2.09. The summed E-state index contributed by atoms with van der Waals surface area (Å²) in [5, 5.41) is 17.3. The van der Waals surface area contributed by atoms with Gasteiger partial charge in [0.1, 0.15) is 5.78 Å². The van der Waals surface area contributed by atoms with Gasteiger partial charge in [-0.15, -0.1) is 0 Å². The van der Waals surface area contributed by atoms with E-state index in [2.05, 4.69) is 15.7 Å². The van der Waals surface area contributed by atoms with Gasteiger partial charge in [-0.2, -0.15) is 5.10 Å². The highest BCUT2D eigenvalue weighted by molar-refractivity contribution is 6.01. The van der Waals surface area contributed by atoms with Crippen molar-refractivity contribution in [1.82, 2.24) is 15.1 Å². The lowest BCUT2D eigenvalue weighted by Crippen LogP contribution is -2.30. The minimum Gasteiger partial charge on any atom is -0.338 e. The van der Waals surface area contributed by atoms with Crippen LogP contribution in [0.25, 0.3) is 0 Å². The lowest BCUT2D eigenvalue weighted by molar-refractivity contribution is -0.119. The third-order valence-electron chi connectivity index (χ3n) is 3.82. The van der Waals surface area contributed by atoms with Crippen LogP contribution >= 0.6 is 0 Å². The van der Waals surface area contributed by atoms with Gasteiger partial charge in [-0.25, -0.2) is 4.79 Å². The number of benzene rings is 1. The van der Waals surface area contributed by atoms with Crippen molar-refractivity contribution in [2.24, 2.45) is 5.92 Å². The first-order valence-corrected chi connectivity index (χ1v) is 8.12. The molecule has 0 bridgehead atoms. The lowest BCUT2D eigenvalue weighted by Gasteiger charge is -2.11. The summed E-state index contributed by atoms with van der Waals surface area (Å²) in [7, 11) is 0. The molecule has 0 fully saturated rings. The minimum absolute atomic E-state index is 0.0730. The van der Waals surface area contributed by atoms with Crippen molar-refractivity contribution in [3.63, 3.8) is 0 Å². The number of carbonyl (C=O) groups excluding carboxylic acids is 2. The molecule has 0 radical (unpaired) electrons. The number of anilines is 1.